The molecule has 2 fully saturated rings. The van der Waals surface area contributed by atoms with Gasteiger partial charge in [-0.25, -0.2) is 4.98 Å². The van der Waals surface area contributed by atoms with Gasteiger partial charge in [0.25, 0.3) is 0 Å². The molecule has 3 rings (SSSR count). The molecule has 0 bridgehead atoms. The van der Waals surface area contributed by atoms with Gasteiger partial charge in [0, 0.05) is 31.4 Å². The fourth-order valence-corrected chi connectivity index (χ4v) is 4.19. The predicted molar refractivity (Wildman–Crippen MR) is 96.2 cm³/mol. The Balaban J connectivity index is 1.44. The van der Waals surface area contributed by atoms with Crippen molar-refractivity contribution in [1.82, 2.24) is 15.2 Å². The number of piperidine rings is 1. The number of anilines is 1. The second-order valence-corrected chi connectivity index (χ2v) is 7.71. The van der Waals surface area contributed by atoms with Crippen LogP contribution in [0.3, 0.4) is 0 Å². The van der Waals surface area contributed by atoms with E-state index in [0.29, 0.717) is 18.3 Å². The maximum atomic E-state index is 12.3. The summed E-state index contributed by atoms with van der Waals surface area (Å²) in [5.74, 6) is 1.18. The van der Waals surface area contributed by atoms with E-state index in [0.717, 1.165) is 56.8 Å². The maximum Gasteiger partial charge on any atom is 0.226 e. The van der Waals surface area contributed by atoms with E-state index in [9.17, 15) is 4.79 Å². The zero-order chi connectivity index (χ0) is 16.8. The largest absolute Gasteiger partial charge is 0.379 e. The highest BCUT2D eigenvalue weighted by Gasteiger charge is 2.22. The Hall–Kier alpha value is -1.02. The molecule has 2 saturated heterocycles. The molecule has 134 valence electrons. The zero-order valence-electron chi connectivity index (χ0n) is 14.4. The standard InChI is InChI=1S/C17H28N4O2S/c1-13(14-2-4-18-5-3-14)10-16(22)20-17-19-15(12-24-17)11-21-6-8-23-9-7-21/h12-14,18H,2-11H2,1H3,(H,19,20,22). The highest BCUT2D eigenvalue weighted by Crippen LogP contribution is 2.25. The van der Waals surface area contributed by atoms with Gasteiger partial charge in [0.15, 0.2) is 5.13 Å². The van der Waals surface area contributed by atoms with Crippen LogP contribution >= 0.6 is 11.3 Å². The van der Waals surface area contributed by atoms with Gasteiger partial charge in [-0.05, 0) is 37.8 Å². The van der Waals surface area contributed by atoms with Crippen molar-refractivity contribution in [3.63, 3.8) is 0 Å². The van der Waals surface area contributed by atoms with E-state index < -0.39 is 0 Å². The molecule has 0 aromatic carbocycles. The molecular weight excluding hydrogens is 324 g/mol. The quantitative estimate of drug-likeness (QED) is 0.819. The number of aromatic nitrogens is 1. The second kappa shape index (κ2) is 8.89. The third kappa shape index (κ3) is 5.24. The van der Waals surface area contributed by atoms with Gasteiger partial charge in [-0.3, -0.25) is 9.69 Å². The summed E-state index contributed by atoms with van der Waals surface area (Å²) in [5, 5.41) is 9.12. The van der Waals surface area contributed by atoms with Crippen molar-refractivity contribution in [3.8, 4) is 0 Å². The molecule has 2 aliphatic rings. The van der Waals surface area contributed by atoms with Crippen molar-refractivity contribution in [2.24, 2.45) is 11.8 Å². The normalized spacial score (nSPS) is 21.5. The van der Waals surface area contributed by atoms with Gasteiger partial charge >= 0.3 is 0 Å². The molecule has 2 N–H and O–H groups in total. The molecule has 1 aromatic heterocycles. The van der Waals surface area contributed by atoms with Gasteiger partial charge in [0.2, 0.25) is 5.91 Å². The molecule has 1 unspecified atom stereocenters. The Morgan fingerprint density at radius 1 is 1.46 bits per heavy atom. The second-order valence-electron chi connectivity index (χ2n) is 6.85. The third-order valence-electron chi connectivity index (χ3n) is 4.98. The van der Waals surface area contributed by atoms with Crippen LogP contribution in [0.2, 0.25) is 0 Å². The monoisotopic (exact) mass is 352 g/mol. The first kappa shape index (κ1) is 17.8. The lowest BCUT2D eigenvalue weighted by Gasteiger charge is -2.27. The molecule has 7 heteroatoms. The van der Waals surface area contributed by atoms with Crippen LogP contribution in [-0.4, -0.2) is 55.2 Å². The van der Waals surface area contributed by atoms with Crippen LogP contribution in [0.25, 0.3) is 0 Å². The van der Waals surface area contributed by atoms with E-state index in [-0.39, 0.29) is 5.91 Å². The number of ether oxygens (including phenoxy) is 1. The van der Waals surface area contributed by atoms with E-state index in [1.165, 1.54) is 24.2 Å². The van der Waals surface area contributed by atoms with Gasteiger partial charge < -0.3 is 15.4 Å². The van der Waals surface area contributed by atoms with Gasteiger partial charge in [-0.1, -0.05) is 6.92 Å². The first-order valence-electron chi connectivity index (χ1n) is 8.96. The van der Waals surface area contributed by atoms with E-state index in [4.69, 9.17) is 4.74 Å². The number of nitrogens with one attached hydrogen (secondary N) is 2. The van der Waals surface area contributed by atoms with E-state index in [2.05, 4.69) is 27.4 Å². The number of carbonyl (C=O) groups is 1. The lowest BCUT2D eigenvalue weighted by Crippen LogP contribution is -2.35. The smallest absolute Gasteiger partial charge is 0.226 e. The molecule has 0 radical (unpaired) electrons. The minimum absolute atomic E-state index is 0.0910. The average Bonchev–Trinajstić information content (AvgIpc) is 3.03. The van der Waals surface area contributed by atoms with Crippen molar-refractivity contribution in [1.29, 1.82) is 0 Å². The molecule has 2 aliphatic heterocycles. The summed E-state index contributed by atoms with van der Waals surface area (Å²) in [5.41, 5.74) is 1.03. The number of amides is 1. The van der Waals surface area contributed by atoms with Crippen molar-refractivity contribution in [2.75, 3.05) is 44.7 Å². The van der Waals surface area contributed by atoms with Crippen LogP contribution in [-0.2, 0) is 16.1 Å². The minimum atomic E-state index is 0.0910. The van der Waals surface area contributed by atoms with Gasteiger partial charge in [-0.2, -0.15) is 0 Å². The predicted octanol–water partition coefficient (Wildman–Crippen LogP) is 1.94. The van der Waals surface area contributed by atoms with E-state index >= 15 is 0 Å². The van der Waals surface area contributed by atoms with Crippen LogP contribution in [0.1, 0.15) is 31.9 Å². The van der Waals surface area contributed by atoms with Crippen LogP contribution in [0, 0.1) is 11.8 Å². The van der Waals surface area contributed by atoms with Crippen molar-refractivity contribution >= 4 is 22.4 Å². The van der Waals surface area contributed by atoms with E-state index in [1.807, 2.05) is 5.38 Å². The summed E-state index contributed by atoms with van der Waals surface area (Å²) in [6.45, 7) is 8.68. The first-order valence-corrected chi connectivity index (χ1v) is 9.84. The Morgan fingerprint density at radius 2 is 2.21 bits per heavy atom. The van der Waals surface area contributed by atoms with Gasteiger partial charge in [-0.15, -0.1) is 11.3 Å². The number of nitrogens with zero attached hydrogens (tertiary/aromatic N) is 2. The fraction of sp³-hybridized carbons (Fsp3) is 0.765. The molecule has 0 aliphatic carbocycles. The molecule has 1 atom stereocenters. The van der Waals surface area contributed by atoms with Crippen LogP contribution in [0.4, 0.5) is 5.13 Å². The Labute approximate surface area is 148 Å². The molecule has 24 heavy (non-hydrogen) atoms. The number of hydrogen-bond acceptors (Lipinski definition) is 6. The molecule has 1 amide bonds. The fourth-order valence-electron chi connectivity index (χ4n) is 3.47. The first-order chi connectivity index (χ1) is 11.7. The maximum absolute atomic E-state index is 12.3. The van der Waals surface area contributed by atoms with Crippen molar-refractivity contribution < 1.29 is 9.53 Å². The Bertz CT molecular complexity index is 524. The average molecular weight is 353 g/mol. The highest BCUT2D eigenvalue weighted by molar-refractivity contribution is 7.13. The lowest BCUT2D eigenvalue weighted by atomic mass is 9.84. The molecular formula is C17H28N4O2S. The third-order valence-corrected chi connectivity index (χ3v) is 5.79. The number of hydrogen-bond donors (Lipinski definition) is 2. The topological polar surface area (TPSA) is 66.5 Å². The summed E-state index contributed by atoms with van der Waals surface area (Å²) in [4.78, 5) is 19.2. The molecule has 6 nitrogen and oxygen atoms in total. The van der Waals surface area contributed by atoms with Crippen molar-refractivity contribution in [3.05, 3.63) is 11.1 Å². The zero-order valence-corrected chi connectivity index (χ0v) is 15.2. The number of thiazole rings is 1. The summed E-state index contributed by atoms with van der Waals surface area (Å²) in [6, 6.07) is 0. The Morgan fingerprint density at radius 3 is 2.96 bits per heavy atom. The number of rotatable bonds is 6. The molecule has 1 aromatic rings. The Kier molecular flexibility index (Phi) is 6.59. The SMILES string of the molecule is CC(CC(=O)Nc1nc(CN2CCOCC2)cs1)C1CCNCC1. The number of morpholine rings is 1. The van der Waals surface area contributed by atoms with E-state index in [1.54, 1.807) is 0 Å². The molecule has 0 spiro atoms. The van der Waals surface area contributed by atoms with Crippen LogP contribution in [0.15, 0.2) is 5.38 Å². The molecule has 3 heterocycles. The van der Waals surface area contributed by atoms with Gasteiger partial charge in [0.1, 0.15) is 0 Å². The summed E-state index contributed by atoms with van der Waals surface area (Å²) in [6.07, 6.45) is 2.94. The summed E-state index contributed by atoms with van der Waals surface area (Å²) < 4.78 is 5.36. The van der Waals surface area contributed by atoms with Crippen molar-refractivity contribution in [2.45, 2.75) is 32.7 Å². The molecule has 0 saturated carbocycles. The van der Waals surface area contributed by atoms with Crippen LogP contribution < -0.4 is 10.6 Å². The summed E-state index contributed by atoms with van der Waals surface area (Å²) in [7, 11) is 0. The number of carbonyl (C=O) groups excluding carboxylic acids is 1. The van der Waals surface area contributed by atoms with Crippen LogP contribution in [0.5, 0.6) is 0 Å². The minimum Gasteiger partial charge on any atom is -0.379 e. The highest BCUT2D eigenvalue weighted by atomic mass is 32.1. The summed E-state index contributed by atoms with van der Waals surface area (Å²) >= 11 is 1.52. The van der Waals surface area contributed by atoms with Gasteiger partial charge in [0.05, 0.1) is 18.9 Å². The lowest BCUT2D eigenvalue weighted by molar-refractivity contribution is -0.117.